The van der Waals surface area contributed by atoms with Crippen LogP contribution < -0.4 is 0 Å². The predicted octanol–water partition coefficient (Wildman–Crippen LogP) is 24.1. The van der Waals surface area contributed by atoms with Crippen molar-refractivity contribution in [3.05, 3.63) is 303 Å². The van der Waals surface area contributed by atoms with Gasteiger partial charge >= 0.3 is 0 Å². The SMILES string of the molecule is c1cc(-c2ccc3ccccc3c2)cc(-c2c3ccccc3c(-c3ccc4c(c3)oc3cc(-c5ccc6cccc(-c7cccc(-c8c9ccccc9c(-c9ccc%10c(c9)oc9ccccc9%10)c9ccccc89)c7)c6c5)ccc34)c3ccccc23)c1. The zero-order valence-corrected chi connectivity index (χ0v) is 46.7. The van der Waals surface area contributed by atoms with Crippen molar-refractivity contribution in [2.45, 2.75) is 0 Å². The van der Waals surface area contributed by atoms with Crippen LogP contribution in [0.2, 0.25) is 0 Å². The van der Waals surface area contributed by atoms with Gasteiger partial charge in [-0.15, -0.1) is 0 Å². The number of para-hydroxylation sites is 1. The number of rotatable bonds is 7. The predicted molar refractivity (Wildman–Crippen MR) is 364 cm³/mol. The van der Waals surface area contributed by atoms with Crippen LogP contribution in [0.4, 0.5) is 0 Å². The maximum Gasteiger partial charge on any atom is 0.136 e. The summed E-state index contributed by atoms with van der Waals surface area (Å²) < 4.78 is 13.4. The summed E-state index contributed by atoms with van der Waals surface area (Å²) in [6, 6.07) is 111. The number of hydrogen-bond acceptors (Lipinski definition) is 2. The third kappa shape index (κ3) is 7.60. The van der Waals surface area contributed by atoms with Crippen molar-refractivity contribution in [3.8, 4) is 77.9 Å². The van der Waals surface area contributed by atoms with Gasteiger partial charge in [-0.25, -0.2) is 0 Å². The topological polar surface area (TPSA) is 26.3 Å². The fourth-order valence-corrected chi connectivity index (χ4v) is 14.3. The lowest BCUT2D eigenvalue weighted by molar-refractivity contribution is 0.669. The Balaban J connectivity index is 0.711. The van der Waals surface area contributed by atoms with Gasteiger partial charge in [-0.2, -0.15) is 0 Å². The number of benzene rings is 16. The normalized spacial score (nSPS) is 12.0. The van der Waals surface area contributed by atoms with E-state index in [9.17, 15) is 0 Å². The van der Waals surface area contributed by atoms with Crippen LogP contribution in [0.1, 0.15) is 0 Å². The Bertz CT molecular complexity index is 5740. The van der Waals surface area contributed by atoms with E-state index in [0.29, 0.717) is 0 Å². The van der Waals surface area contributed by atoms with Gasteiger partial charge in [0.25, 0.3) is 0 Å². The van der Waals surface area contributed by atoms with E-state index in [4.69, 9.17) is 8.83 Å². The van der Waals surface area contributed by atoms with Crippen LogP contribution in [0, 0.1) is 0 Å². The van der Waals surface area contributed by atoms with Crippen LogP contribution in [0.25, 0.3) is 186 Å². The zero-order valence-electron chi connectivity index (χ0n) is 46.7. The molecule has 0 aliphatic carbocycles. The Labute approximate surface area is 495 Å². The Hall–Kier alpha value is -11.3. The first-order chi connectivity index (χ1) is 42.6. The fraction of sp³-hybridized carbons (Fsp3) is 0. The molecule has 86 heavy (non-hydrogen) atoms. The Morgan fingerprint density at radius 3 is 1.02 bits per heavy atom. The summed E-state index contributed by atoms with van der Waals surface area (Å²) in [4.78, 5) is 0. The minimum absolute atomic E-state index is 0.868. The van der Waals surface area contributed by atoms with E-state index in [2.05, 4.69) is 291 Å². The first-order valence-corrected chi connectivity index (χ1v) is 29.6. The second kappa shape index (κ2) is 19.1. The molecular weight excluding hydrogens is 1040 g/mol. The summed E-state index contributed by atoms with van der Waals surface area (Å²) in [5.41, 5.74) is 20.1. The average Bonchev–Trinajstić information content (AvgIpc) is 0.973. The van der Waals surface area contributed by atoms with Crippen molar-refractivity contribution < 1.29 is 8.83 Å². The van der Waals surface area contributed by atoms with Crippen LogP contribution in [0.3, 0.4) is 0 Å². The molecular formula is C84H50O2. The van der Waals surface area contributed by atoms with Crippen molar-refractivity contribution in [2.75, 3.05) is 0 Å². The van der Waals surface area contributed by atoms with Crippen LogP contribution in [0.5, 0.6) is 0 Å². The Kier molecular flexibility index (Phi) is 10.7. The highest BCUT2D eigenvalue weighted by Crippen LogP contribution is 2.48. The van der Waals surface area contributed by atoms with Gasteiger partial charge in [-0.1, -0.05) is 237 Å². The van der Waals surface area contributed by atoms with E-state index in [1.807, 2.05) is 12.1 Å². The molecule has 18 aromatic rings. The van der Waals surface area contributed by atoms with Gasteiger partial charge < -0.3 is 8.83 Å². The molecule has 0 saturated carbocycles. The molecule has 16 aromatic carbocycles. The lowest BCUT2D eigenvalue weighted by atomic mass is 9.85. The quantitative estimate of drug-likeness (QED) is 0.149. The maximum atomic E-state index is 6.93. The molecule has 0 aliphatic rings. The second-order valence-electron chi connectivity index (χ2n) is 23.0. The van der Waals surface area contributed by atoms with E-state index < -0.39 is 0 Å². The molecule has 0 amide bonds. The van der Waals surface area contributed by atoms with Crippen LogP contribution in [-0.2, 0) is 0 Å². The smallest absolute Gasteiger partial charge is 0.136 e. The van der Waals surface area contributed by atoms with Gasteiger partial charge in [0.1, 0.15) is 22.3 Å². The van der Waals surface area contributed by atoms with E-state index in [1.165, 1.54) is 120 Å². The average molecular weight is 1090 g/mol. The standard InChI is InChI=1S/C84H50O2/c1-2-17-53-44-55(36-34-51(53)16-1)54-19-13-21-59(45-54)81-68-24-3-7-28-72(68)84(73-29-8-4-25-69(73)81)62-40-43-67-66-41-38-57(48-78(66)86-80(67)50-62)56-37-35-52-18-15-32-63(76(52)47-56)58-20-14-22-60(46-58)82-70-26-5-9-30-74(70)83(75-31-10-6-27-71(75)82)61-39-42-65-64-23-11-12-33-77(64)85-79(65)49-61/h1-50H. The van der Waals surface area contributed by atoms with Crippen molar-refractivity contribution in [1.29, 1.82) is 0 Å². The zero-order chi connectivity index (χ0) is 56.4. The van der Waals surface area contributed by atoms with Crippen LogP contribution >= 0.6 is 0 Å². The molecule has 18 rings (SSSR count). The molecule has 0 aliphatic heterocycles. The van der Waals surface area contributed by atoms with Gasteiger partial charge in [0.15, 0.2) is 0 Å². The largest absolute Gasteiger partial charge is 0.456 e. The molecule has 0 spiro atoms. The molecule has 0 bridgehead atoms. The van der Waals surface area contributed by atoms with E-state index >= 15 is 0 Å². The van der Waals surface area contributed by atoms with E-state index in [0.717, 1.165) is 66.1 Å². The van der Waals surface area contributed by atoms with Gasteiger partial charge in [0, 0.05) is 21.5 Å². The molecule has 2 heterocycles. The highest BCUT2D eigenvalue weighted by atomic mass is 16.3. The highest BCUT2D eigenvalue weighted by Gasteiger charge is 2.22. The van der Waals surface area contributed by atoms with Gasteiger partial charge in [-0.3, -0.25) is 0 Å². The first-order valence-electron chi connectivity index (χ1n) is 29.6. The molecule has 0 atom stereocenters. The minimum Gasteiger partial charge on any atom is -0.456 e. The van der Waals surface area contributed by atoms with Gasteiger partial charge in [-0.05, 0) is 209 Å². The second-order valence-corrected chi connectivity index (χ2v) is 23.0. The molecule has 0 fully saturated rings. The van der Waals surface area contributed by atoms with E-state index in [1.54, 1.807) is 0 Å². The number of fused-ring (bicyclic) bond motifs is 12. The van der Waals surface area contributed by atoms with Crippen molar-refractivity contribution in [1.82, 2.24) is 0 Å². The third-order valence-electron chi connectivity index (χ3n) is 18.2. The molecule has 398 valence electrons. The molecule has 0 radical (unpaired) electrons. The Morgan fingerprint density at radius 1 is 0.151 bits per heavy atom. The van der Waals surface area contributed by atoms with Gasteiger partial charge in [0.2, 0.25) is 0 Å². The molecule has 2 aromatic heterocycles. The lowest BCUT2D eigenvalue weighted by Crippen LogP contribution is -1.91. The summed E-state index contributed by atoms with van der Waals surface area (Å²) in [7, 11) is 0. The number of furan rings is 2. The van der Waals surface area contributed by atoms with Crippen molar-refractivity contribution in [3.63, 3.8) is 0 Å². The monoisotopic (exact) mass is 1090 g/mol. The molecule has 2 heteroatoms. The molecule has 0 unspecified atom stereocenters. The summed E-state index contributed by atoms with van der Waals surface area (Å²) in [5.74, 6) is 0. The van der Waals surface area contributed by atoms with Gasteiger partial charge in [0.05, 0.1) is 0 Å². The first kappa shape index (κ1) is 48.2. The van der Waals surface area contributed by atoms with Crippen molar-refractivity contribution >= 4 is 109 Å². The summed E-state index contributed by atoms with van der Waals surface area (Å²) >= 11 is 0. The Morgan fingerprint density at radius 2 is 0.477 bits per heavy atom. The summed E-state index contributed by atoms with van der Waals surface area (Å²) in [6.45, 7) is 0. The summed E-state index contributed by atoms with van der Waals surface area (Å²) in [5, 5.41) is 19.1. The molecule has 2 nitrogen and oxygen atoms in total. The van der Waals surface area contributed by atoms with Crippen LogP contribution in [-0.4, -0.2) is 0 Å². The molecule has 0 N–H and O–H groups in total. The van der Waals surface area contributed by atoms with Crippen molar-refractivity contribution in [2.24, 2.45) is 0 Å². The minimum atomic E-state index is 0.868. The van der Waals surface area contributed by atoms with E-state index in [-0.39, 0.29) is 0 Å². The summed E-state index contributed by atoms with van der Waals surface area (Å²) in [6.07, 6.45) is 0. The maximum absolute atomic E-state index is 6.93. The number of hydrogen-bond donors (Lipinski definition) is 0. The molecule has 0 saturated heterocycles. The highest BCUT2D eigenvalue weighted by molar-refractivity contribution is 6.24. The van der Waals surface area contributed by atoms with Crippen LogP contribution in [0.15, 0.2) is 312 Å². The fourth-order valence-electron chi connectivity index (χ4n) is 14.3. The lowest BCUT2D eigenvalue weighted by Gasteiger charge is -2.18. The third-order valence-corrected chi connectivity index (χ3v) is 18.2.